The van der Waals surface area contributed by atoms with Gasteiger partial charge in [0, 0.05) is 26.1 Å². The van der Waals surface area contributed by atoms with Crippen LogP contribution in [0, 0.1) is 5.92 Å². The average Bonchev–Trinajstić information content (AvgIpc) is 2.84. The molecule has 0 radical (unpaired) electrons. The van der Waals surface area contributed by atoms with Crippen LogP contribution in [0.15, 0.2) is 48.5 Å². The van der Waals surface area contributed by atoms with E-state index in [0.717, 1.165) is 37.7 Å². The van der Waals surface area contributed by atoms with Crippen molar-refractivity contribution < 1.29 is 9.59 Å². The molecule has 1 aliphatic rings. The zero-order valence-electron chi connectivity index (χ0n) is 19.4. The molecular formula is C26H34Cl2N4O2. The number of hydrogen-bond acceptors (Lipinski definition) is 3. The quantitative estimate of drug-likeness (QED) is 0.418. The molecule has 0 aromatic heterocycles. The molecular weight excluding hydrogens is 471 g/mol. The first kappa shape index (κ1) is 26.3. The fraction of sp³-hybridized carbons (Fsp3) is 0.462. The Morgan fingerprint density at radius 2 is 1.85 bits per heavy atom. The molecule has 1 aliphatic heterocycles. The number of halogens is 2. The monoisotopic (exact) mass is 504 g/mol. The highest BCUT2D eigenvalue weighted by molar-refractivity contribution is 6.42. The number of carbonyl (C=O) groups excluding carboxylic acids is 2. The van der Waals surface area contributed by atoms with Gasteiger partial charge in [0.15, 0.2) is 0 Å². The van der Waals surface area contributed by atoms with E-state index in [9.17, 15) is 9.59 Å². The summed E-state index contributed by atoms with van der Waals surface area (Å²) in [6, 6.07) is 14.6. The number of likely N-dealkylation sites (tertiary alicyclic amines) is 1. The van der Waals surface area contributed by atoms with Crippen molar-refractivity contribution >= 4 is 35.1 Å². The van der Waals surface area contributed by atoms with Crippen LogP contribution in [0.25, 0.3) is 0 Å². The first-order valence-corrected chi connectivity index (χ1v) is 12.7. The molecule has 34 heavy (non-hydrogen) atoms. The first-order valence-electron chi connectivity index (χ1n) is 12.0. The average molecular weight is 505 g/mol. The van der Waals surface area contributed by atoms with Gasteiger partial charge in [0.25, 0.3) is 0 Å². The number of nitrogens with two attached hydrogens (primary N) is 1. The molecule has 4 N–H and O–H groups in total. The summed E-state index contributed by atoms with van der Waals surface area (Å²) in [5.41, 5.74) is 7.64. The molecule has 2 atom stereocenters. The third-order valence-electron chi connectivity index (χ3n) is 6.14. The molecule has 1 fully saturated rings. The van der Waals surface area contributed by atoms with Gasteiger partial charge in [0.05, 0.1) is 10.0 Å². The molecule has 0 aliphatic carbocycles. The molecule has 1 saturated heterocycles. The van der Waals surface area contributed by atoms with Crippen molar-refractivity contribution in [2.75, 3.05) is 26.2 Å². The maximum Gasteiger partial charge on any atom is 0.315 e. The molecule has 2 aromatic carbocycles. The molecule has 8 heteroatoms. The third kappa shape index (κ3) is 8.19. The summed E-state index contributed by atoms with van der Waals surface area (Å²) in [7, 11) is 0. The molecule has 2 aromatic rings. The van der Waals surface area contributed by atoms with E-state index in [4.69, 9.17) is 28.9 Å². The van der Waals surface area contributed by atoms with Crippen LogP contribution in [0.3, 0.4) is 0 Å². The molecule has 1 heterocycles. The van der Waals surface area contributed by atoms with Crippen molar-refractivity contribution in [1.82, 2.24) is 15.5 Å². The fourth-order valence-corrected chi connectivity index (χ4v) is 4.70. The number of benzene rings is 2. The highest BCUT2D eigenvalue weighted by atomic mass is 35.5. The predicted molar refractivity (Wildman–Crippen MR) is 138 cm³/mol. The molecule has 3 rings (SSSR count). The van der Waals surface area contributed by atoms with Gasteiger partial charge in [-0.25, -0.2) is 4.79 Å². The summed E-state index contributed by atoms with van der Waals surface area (Å²) in [5.74, 6) is 0.330. The van der Waals surface area contributed by atoms with Crippen LogP contribution in [0.1, 0.15) is 36.8 Å². The van der Waals surface area contributed by atoms with Crippen molar-refractivity contribution in [3.05, 3.63) is 69.7 Å². The van der Waals surface area contributed by atoms with E-state index in [2.05, 4.69) is 22.8 Å². The second-order valence-corrected chi connectivity index (χ2v) is 9.70. The van der Waals surface area contributed by atoms with Gasteiger partial charge in [0.1, 0.15) is 6.04 Å². The van der Waals surface area contributed by atoms with Gasteiger partial charge in [-0.15, -0.1) is 0 Å². The Morgan fingerprint density at radius 3 is 2.59 bits per heavy atom. The van der Waals surface area contributed by atoms with Gasteiger partial charge < -0.3 is 21.3 Å². The molecule has 3 amide bonds. The van der Waals surface area contributed by atoms with Crippen LogP contribution in [0.4, 0.5) is 4.79 Å². The second kappa shape index (κ2) is 13.6. The predicted octanol–water partition coefficient (Wildman–Crippen LogP) is 4.42. The minimum absolute atomic E-state index is 0.0686. The van der Waals surface area contributed by atoms with Crippen LogP contribution in [-0.2, 0) is 17.6 Å². The smallest absolute Gasteiger partial charge is 0.315 e. The summed E-state index contributed by atoms with van der Waals surface area (Å²) >= 11 is 12.2. The topological polar surface area (TPSA) is 87.5 Å². The number of nitrogens with one attached hydrogen (secondary N) is 2. The van der Waals surface area contributed by atoms with Crippen LogP contribution >= 0.6 is 23.2 Å². The van der Waals surface area contributed by atoms with E-state index in [1.54, 1.807) is 12.1 Å². The number of amides is 3. The molecule has 2 unspecified atom stereocenters. The van der Waals surface area contributed by atoms with Crippen LogP contribution in [0.5, 0.6) is 0 Å². The van der Waals surface area contributed by atoms with Gasteiger partial charge >= 0.3 is 6.03 Å². The highest BCUT2D eigenvalue weighted by Gasteiger charge is 2.30. The SMILES string of the molecule is NCCCCNC(=O)NC(Cc1ccc(Cl)c(Cl)c1)C(=O)N1CCCC(Cc2ccccc2)C1. The van der Waals surface area contributed by atoms with E-state index in [1.165, 1.54) is 5.56 Å². The largest absolute Gasteiger partial charge is 0.341 e. The van der Waals surface area contributed by atoms with Gasteiger partial charge in [-0.3, -0.25) is 4.79 Å². The Bertz CT molecular complexity index is 942. The minimum Gasteiger partial charge on any atom is -0.341 e. The van der Waals surface area contributed by atoms with E-state index in [-0.39, 0.29) is 11.9 Å². The molecule has 0 bridgehead atoms. The van der Waals surface area contributed by atoms with E-state index in [1.807, 2.05) is 29.2 Å². The summed E-state index contributed by atoms with van der Waals surface area (Å²) in [4.78, 5) is 28.0. The zero-order valence-corrected chi connectivity index (χ0v) is 21.0. The maximum absolute atomic E-state index is 13.6. The van der Waals surface area contributed by atoms with Gasteiger partial charge in [-0.2, -0.15) is 0 Å². The summed E-state index contributed by atoms with van der Waals surface area (Å²) in [5, 5.41) is 6.60. The lowest BCUT2D eigenvalue weighted by Crippen LogP contribution is -2.54. The number of unbranched alkanes of at least 4 members (excludes halogenated alkanes) is 1. The van der Waals surface area contributed by atoms with E-state index < -0.39 is 6.04 Å². The van der Waals surface area contributed by atoms with E-state index in [0.29, 0.717) is 48.6 Å². The first-order chi connectivity index (χ1) is 16.5. The van der Waals surface area contributed by atoms with Crippen LogP contribution in [-0.4, -0.2) is 49.1 Å². The fourth-order valence-electron chi connectivity index (χ4n) is 4.38. The number of urea groups is 1. The summed E-state index contributed by atoms with van der Waals surface area (Å²) < 4.78 is 0. The number of piperidine rings is 1. The standard InChI is InChI=1S/C26H34Cl2N4O2/c27-22-11-10-20(16-23(22)28)17-24(31-26(34)30-13-5-4-12-29)25(33)32-14-6-9-21(18-32)15-19-7-2-1-3-8-19/h1-3,7-8,10-11,16,21,24H,4-6,9,12-15,17-18,29H2,(H2,30,31,34). The Labute approximate surface area is 212 Å². The van der Waals surface area contributed by atoms with Gasteiger partial charge in [-0.05, 0) is 67.8 Å². The maximum atomic E-state index is 13.6. The summed E-state index contributed by atoms with van der Waals surface area (Å²) in [6.45, 7) is 2.48. The lowest BCUT2D eigenvalue weighted by Gasteiger charge is -2.35. The Kier molecular flexibility index (Phi) is 10.5. The molecule has 184 valence electrons. The molecule has 6 nitrogen and oxygen atoms in total. The second-order valence-electron chi connectivity index (χ2n) is 8.88. The van der Waals surface area contributed by atoms with Gasteiger partial charge in [-0.1, -0.05) is 59.6 Å². The Morgan fingerprint density at radius 1 is 1.06 bits per heavy atom. The van der Waals surface area contributed by atoms with Crippen molar-refractivity contribution in [1.29, 1.82) is 0 Å². The lowest BCUT2D eigenvalue weighted by molar-refractivity contribution is -0.135. The summed E-state index contributed by atoms with van der Waals surface area (Å²) in [6.07, 6.45) is 4.95. The van der Waals surface area contributed by atoms with E-state index >= 15 is 0 Å². The zero-order chi connectivity index (χ0) is 24.3. The third-order valence-corrected chi connectivity index (χ3v) is 6.88. The molecule has 0 saturated carbocycles. The van der Waals surface area contributed by atoms with Crippen LogP contribution in [0.2, 0.25) is 10.0 Å². The van der Waals surface area contributed by atoms with Crippen molar-refractivity contribution in [2.24, 2.45) is 11.7 Å². The lowest BCUT2D eigenvalue weighted by atomic mass is 9.90. The number of carbonyl (C=O) groups is 2. The molecule has 0 spiro atoms. The number of nitrogens with zero attached hydrogens (tertiary/aromatic N) is 1. The normalized spacial score (nSPS) is 16.7. The minimum atomic E-state index is -0.692. The Balaban J connectivity index is 1.67. The van der Waals surface area contributed by atoms with Crippen LogP contribution < -0.4 is 16.4 Å². The van der Waals surface area contributed by atoms with Crippen molar-refractivity contribution in [3.8, 4) is 0 Å². The number of hydrogen-bond donors (Lipinski definition) is 3. The Hall–Kier alpha value is -2.28. The van der Waals surface area contributed by atoms with Crippen molar-refractivity contribution in [2.45, 2.75) is 44.6 Å². The van der Waals surface area contributed by atoms with Gasteiger partial charge in [0.2, 0.25) is 5.91 Å². The number of rotatable bonds is 10. The van der Waals surface area contributed by atoms with Crippen molar-refractivity contribution in [3.63, 3.8) is 0 Å². The highest BCUT2D eigenvalue weighted by Crippen LogP contribution is 2.25.